The third-order valence-electron chi connectivity index (χ3n) is 2.50. The molecule has 0 bridgehead atoms. The van der Waals surface area contributed by atoms with E-state index in [9.17, 15) is 17.2 Å². The number of nitrogens with two attached hydrogens (primary N) is 1. The van der Waals surface area contributed by atoms with E-state index in [-0.39, 0.29) is 6.54 Å². The zero-order valence-corrected chi connectivity index (χ0v) is 11.8. The number of sulfonamides is 1. The molecule has 0 spiro atoms. The van der Waals surface area contributed by atoms with Gasteiger partial charge in [-0.15, -0.1) is 11.3 Å². The Balaban J connectivity index is 2.12. The summed E-state index contributed by atoms with van der Waals surface area (Å²) in [5.41, 5.74) is 7.19. The fraction of sp³-hybridized carbons (Fsp3) is 0.182. The molecule has 20 heavy (non-hydrogen) atoms. The second-order valence-electron chi connectivity index (χ2n) is 3.93. The average Bonchev–Trinajstić information content (AvgIpc) is 2.86. The summed E-state index contributed by atoms with van der Waals surface area (Å²) in [5.74, 6) is -2.18. The number of thiazole rings is 1. The number of rotatable bonds is 5. The summed E-state index contributed by atoms with van der Waals surface area (Å²) in [6, 6.07) is 1.21. The maximum Gasteiger partial charge on any atom is 0.243 e. The number of nitrogens with zero attached hydrogens (tertiary/aromatic N) is 1. The molecular weight excluding hydrogens is 308 g/mol. The summed E-state index contributed by atoms with van der Waals surface area (Å²) in [7, 11) is -4.08. The van der Waals surface area contributed by atoms with E-state index in [2.05, 4.69) is 9.71 Å². The van der Waals surface area contributed by atoms with Gasteiger partial charge in [-0.1, -0.05) is 0 Å². The van der Waals surface area contributed by atoms with Crippen LogP contribution >= 0.6 is 11.3 Å². The zero-order chi connectivity index (χ0) is 14.8. The minimum absolute atomic E-state index is 0.0583. The second-order valence-corrected chi connectivity index (χ2v) is 6.39. The average molecular weight is 319 g/mol. The second kappa shape index (κ2) is 5.81. The van der Waals surface area contributed by atoms with Gasteiger partial charge in [-0.25, -0.2) is 26.9 Å². The standard InChI is InChI=1S/C11H11F2N3O2S2/c12-8-3-9(13)11(4-10(8)14)20(17,18)16-2-1-7-5-19-6-15-7/h3-6,16H,1-2,14H2. The van der Waals surface area contributed by atoms with E-state index in [1.54, 1.807) is 10.9 Å². The highest BCUT2D eigenvalue weighted by Gasteiger charge is 2.20. The first-order valence-electron chi connectivity index (χ1n) is 5.51. The van der Waals surface area contributed by atoms with Crippen molar-refractivity contribution < 1.29 is 17.2 Å². The minimum atomic E-state index is -4.08. The van der Waals surface area contributed by atoms with Crippen LogP contribution in [0.15, 0.2) is 27.9 Å². The van der Waals surface area contributed by atoms with E-state index < -0.39 is 32.2 Å². The Labute approximate surface area is 118 Å². The molecule has 0 fully saturated rings. The Morgan fingerprint density at radius 3 is 2.70 bits per heavy atom. The molecule has 0 aliphatic carbocycles. The Morgan fingerprint density at radius 2 is 2.05 bits per heavy atom. The molecule has 5 nitrogen and oxygen atoms in total. The van der Waals surface area contributed by atoms with Gasteiger partial charge in [0.15, 0.2) is 0 Å². The van der Waals surface area contributed by atoms with Crippen molar-refractivity contribution >= 4 is 27.0 Å². The van der Waals surface area contributed by atoms with Crippen LogP contribution in [0.2, 0.25) is 0 Å². The normalized spacial score (nSPS) is 11.7. The first kappa shape index (κ1) is 14.8. The van der Waals surface area contributed by atoms with Crippen LogP contribution in [-0.2, 0) is 16.4 Å². The summed E-state index contributed by atoms with van der Waals surface area (Å²) in [6.07, 6.45) is 0.376. The lowest BCUT2D eigenvalue weighted by atomic mass is 10.3. The molecule has 0 radical (unpaired) electrons. The van der Waals surface area contributed by atoms with Gasteiger partial charge in [0.2, 0.25) is 10.0 Å². The van der Waals surface area contributed by atoms with Gasteiger partial charge in [-0.2, -0.15) is 0 Å². The quantitative estimate of drug-likeness (QED) is 0.818. The molecule has 0 aliphatic heterocycles. The van der Waals surface area contributed by atoms with Crippen molar-refractivity contribution in [1.29, 1.82) is 0 Å². The lowest BCUT2D eigenvalue weighted by Gasteiger charge is -2.08. The van der Waals surface area contributed by atoms with Gasteiger partial charge < -0.3 is 5.73 Å². The van der Waals surface area contributed by atoms with Crippen LogP contribution in [0.5, 0.6) is 0 Å². The Kier molecular flexibility index (Phi) is 4.31. The third-order valence-corrected chi connectivity index (χ3v) is 4.61. The van der Waals surface area contributed by atoms with Crippen LogP contribution < -0.4 is 10.5 Å². The van der Waals surface area contributed by atoms with Gasteiger partial charge in [-0.3, -0.25) is 0 Å². The van der Waals surface area contributed by atoms with Crippen molar-refractivity contribution in [3.05, 3.63) is 40.4 Å². The number of aromatic nitrogens is 1. The Morgan fingerprint density at radius 1 is 1.30 bits per heavy atom. The summed E-state index contributed by atoms with van der Waals surface area (Å²) >= 11 is 1.39. The number of benzene rings is 1. The fourth-order valence-corrected chi connectivity index (χ4v) is 3.22. The maximum atomic E-state index is 13.5. The van der Waals surface area contributed by atoms with Crippen LogP contribution in [0.3, 0.4) is 0 Å². The lowest BCUT2D eigenvalue weighted by Crippen LogP contribution is -2.27. The van der Waals surface area contributed by atoms with Gasteiger partial charge in [0, 0.05) is 24.4 Å². The molecular formula is C11H11F2N3O2S2. The molecule has 0 saturated heterocycles. The highest BCUT2D eigenvalue weighted by molar-refractivity contribution is 7.89. The van der Waals surface area contributed by atoms with Crippen LogP contribution in [0.4, 0.5) is 14.5 Å². The van der Waals surface area contributed by atoms with Crippen molar-refractivity contribution in [2.75, 3.05) is 12.3 Å². The highest BCUT2D eigenvalue weighted by Crippen LogP contribution is 2.20. The molecule has 0 unspecified atom stereocenters. The van der Waals surface area contributed by atoms with E-state index >= 15 is 0 Å². The van der Waals surface area contributed by atoms with Gasteiger partial charge >= 0.3 is 0 Å². The highest BCUT2D eigenvalue weighted by atomic mass is 32.2. The predicted octanol–water partition coefficient (Wildman–Crippen LogP) is 1.52. The van der Waals surface area contributed by atoms with Crippen LogP contribution in [0.1, 0.15) is 5.69 Å². The van der Waals surface area contributed by atoms with Crippen molar-refractivity contribution in [3.63, 3.8) is 0 Å². The Bertz CT molecular complexity index is 703. The van der Waals surface area contributed by atoms with Crippen molar-refractivity contribution in [3.8, 4) is 0 Å². The monoisotopic (exact) mass is 319 g/mol. The van der Waals surface area contributed by atoms with Crippen molar-refractivity contribution in [2.24, 2.45) is 0 Å². The molecule has 1 aromatic heterocycles. The van der Waals surface area contributed by atoms with E-state index in [0.29, 0.717) is 12.5 Å². The smallest absolute Gasteiger partial charge is 0.243 e. The van der Waals surface area contributed by atoms with Gasteiger partial charge in [0.1, 0.15) is 16.5 Å². The fourth-order valence-electron chi connectivity index (χ4n) is 1.50. The number of nitrogens with one attached hydrogen (secondary N) is 1. The molecule has 2 aromatic rings. The van der Waals surface area contributed by atoms with Gasteiger partial charge in [0.05, 0.1) is 16.9 Å². The number of hydrogen-bond donors (Lipinski definition) is 2. The third kappa shape index (κ3) is 3.30. The molecule has 0 saturated carbocycles. The van der Waals surface area contributed by atoms with Crippen LogP contribution in [0.25, 0.3) is 0 Å². The lowest BCUT2D eigenvalue weighted by molar-refractivity contribution is 0.544. The van der Waals surface area contributed by atoms with Gasteiger partial charge in [-0.05, 0) is 6.07 Å². The molecule has 108 valence electrons. The molecule has 1 heterocycles. The number of anilines is 1. The van der Waals surface area contributed by atoms with Crippen molar-refractivity contribution in [1.82, 2.24) is 9.71 Å². The van der Waals surface area contributed by atoms with E-state index in [0.717, 1.165) is 11.8 Å². The molecule has 3 N–H and O–H groups in total. The molecule has 0 atom stereocenters. The number of hydrogen-bond acceptors (Lipinski definition) is 5. The minimum Gasteiger partial charge on any atom is -0.396 e. The van der Waals surface area contributed by atoms with E-state index in [1.807, 2.05) is 0 Å². The zero-order valence-electron chi connectivity index (χ0n) is 10.1. The SMILES string of the molecule is Nc1cc(S(=O)(=O)NCCc2cscn2)c(F)cc1F. The largest absolute Gasteiger partial charge is 0.396 e. The molecule has 1 aromatic carbocycles. The summed E-state index contributed by atoms with van der Waals surface area (Å²) < 4.78 is 52.5. The summed E-state index contributed by atoms with van der Waals surface area (Å²) in [4.78, 5) is 3.32. The first-order chi connectivity index (χ1) is 9.40. The van der Waals surface area contributed by atoms with E-state index in [4.69, 9.17) is 5.73 Å². The summed E-state index contributed by atoms with van der Waals surface area (Å²) in [6.45, 7) is 0.0583. The maximum absolute atomic E-state index is 13.5. The first-order valence-corrected chi connectivity index (χ1v) is 7.94. The number of nitrogen functional groups attached to an aromatic ring is 1. The predicted molar refractivity (Wildman–Crippen MR) is 71.8 cm³/mol. The van der Waals surface area contributed by atoms with Crippen LogP contribution in [-0.4, -0.2) is 19.9 Å². The molecule has 0 amide bonds. The topological polar surface area (TPSA) is 85.1 Å². The molecule has 0 aliphatic rings. The van der Waals surface area contributed by atoms with Gasteiger partial charge in [0.25, 0.3) is 0 Å². The van der Waals surface area contributed by atoms with E-state index in [1.165, 1.54) is 11.3 Å². The Hall–Kier alpha value is -1.58. The van der Waals surface area contributed by atoms with Crippen molar-refractivity contribution in [2.45, 2.75) is 11.3 Å². The molecule has 9 heteroatoms. The number of halogens is 2. The van der Waals surface area contributed by atoms with Crippen LogP contribution in [0, 0.1) is 11.6 Å². The summed E-state index contributed by atoms with van der Waals surface area (Å²) in [5, 5.41) is 1.78. The molecule has 2 rings (SSSR count).